The zero-order valence-corrected chi connectivity index (χ0v) is 7.19. The molecule has 0 amide bonds. The van der Waals surface area contributed by atoms with Crippen molar-refractivity contribution in [2.45, 2.75) is 24.3 Å². The van der Waals surface area contributed by atoms with Crippen LogP contribution < -0.4 is 5.32 Å². The molecule has 2 N–H and O–H groups in total. The van der Waals surface area contributed by atoms with Crippen LogP contribution in [0.5, 0.6) is 0 Å². The molecule has 0 unspecified atom stereocenters. The van der Waals surface area contributed by atoms with Crippen LogP contribution in [0, 0.1) is 0 Å². The van der Waals surface area contributed by atoms with Gasteiger partial charge in [0.25, 0.3) is 0 Å². The summed E-state index contributed by atoms with van der Waals surface area (Å²) in [5.74, 6) is 0. The Labute approximate surface area is 73.9 Å². The maximum absolute atomic E-state index is 12.3. The fourth-order valence-electron chi connectivity index (χ4n) is 1.34. The molecule has 78 valence electrons. The highest BCUT2D eigenvalue weighted by Crippen LogP contribution is 2.35. The number of rotatable bonds is 1. The Morgan fingerprint density at radius 1 is 1.54 bits per heavy atom. The lowest BCUT2D eigenvalue weighted by atomic mass is 9.92. The first kappa shape index (κ1) is 10.7. The summed E-state index contributed by atoms with van der Waals surface area (Å²) in [5, 5.41) is 11.7. The summed E-state index contributed by atoms with van der Waals surface area (Å²) in [6, 6.07) is 0. The number of aliphatic hydroxyl groups is 1. The summed E-state index contributed by atoms with van der Waals surface area (Å²) in [6.07, 6.45) is -5.59. The Balaban J connectivity index is 2.68. The molecular formula is C7H12F3NO2. The number of ether oxygens (including phenoxy) is 1. The Bertz CT molecular complexity index is 185. The third-order valence-corrected chi connectivity index (χ3v) is 2.22. The molecule has 1 aliphatic heterocycles. The normalized spacial score (nSPS) is 36.2. The molecule has 2 atom stereocenters. The van der Waals surface area contributed by atoms with E-state index in [1.54, 1.807) is 0 Å². The second-order valence-corrected chi connectivity index (χ2v) is 3.22. The van der Waals surface area contributed by atoms with Crippen LogP contribution in [0.4, 0.5) is 13.2 Å². The molecule has 0 spiro atoms. The molecule has 1 rings (SSSR count). The molecule has 0 bridgehead atoms. The van der Waals surface area contributed by atoms with Gasteiger partial charge < -0.3 is 15.2 Å². The standard InChI is InChI=1S/C7H12F3NO2/c1-13-5-2-6(12,4-11-3-5)7(8,9)10/h5,11-12H,2-4H2,1H3/t5-,6+/m1/s1. The number of β-amino-alcohol motifs (C(OH)–C–C–N with tert-alkyl or cyclic N) is 1. The summed E-state index contributed by atoms with van der Waals surface area (Å²) in [5.41, 5.74) is -2.65. The molecule has 1 saturated heterocycles. The van der Waals surface area contributed by atoms with Gasteiger partial charge in [0.15, 0.2) is 5.60 Å². The van der Waals surface area contributed by atoms with Gasteiger partial charge in [0.1, 0.15) is 0 Å². The molecule has 0 aliphatic carbocycles. The fraction of sp³-hybridized carbons (Fsp3) is 1.00. The van der Waals surface area contributed by atoms with E-state index in [-0.39, 0.29) is 0 Å². The number of alkyl halides is 3. The minimum Gasteiger partial charge on any atom is -0.380 e. The monoisotopic (exact) mass is 199 g/mol. The lowest BCUT2D eigenvalue weighted by molar-refractivity contribution is -0.272. The maximum Gasteiger partial charge on any atom is 0.418 e. The van der Waals surface area contributed by atoms with Crippen molar-refractivity contribution in [3.05, 3.63) is 0 Å². The van der Waals surface area contributed by atoms with Crippen LogP contribution in [0.3, 0.4) is 0 Å². The van der Waals surface area contributed by atoms with E-state index in [0.717, 1.165) is 0 Å². The van der Waals surface area contributed by atoms with E-state index < -0.39 is 30.8 Å². The average Bonchev–Trinajstić information content (AvgIpc) is 2.02. The third-order valence-electron chi connectivity index (χ3n) is 2.22. The van der Waals surface area contributed by atoms with Crippen molar-refractivity contribution < 1.29 is 23.0 Å². The number of halogens is 3. The van der Waals surface area contributed by atoms with Gasteiger partial charge in [-0.15, -0.1) is 0 Å². The molecule has 13 heavy (non-hydrogen) atoms. The predicted octanol–water partition coefficient (Wildman–Crippen LogP) is 0.288. The summed E-state index contributed by atoms with van der Waals surface area (Å²) in [7, 11) is 1.33. The molecule has 0 saturated carbocycles. The van der Waals surface area contributed by atoms with E-state index in [1.807, 2.05) is 0 Å². The van der Waals surface area contributed by atoms with E-state index in [2.05, 4.69) is 5.32 Å². The van der Waals surface area contributed by atoms with Gasteiger partial charge in [-0.25, -0.2) is 0 Å². The number of methoxy groups -OCH3 is 1. The Morgan fingerprint density at radius 3 is 2.62 bits per heavy atom. The first-order valence-corrected chi connectivity index (χ1v) is 3.92. The maximum atomic E-state index is 12.3. The zero-order chi connectivity index (χ0) is 10.1. The molecule has 0 aromatic carbocycles. The zero-order valence-electron chi connectivity index (χ0n) is 7.19. The molecule has 0 aromatic heterocycles. The number of hydrogen-bond acceptors (Lipinski definition) is 3. The van der Waals surface area contributed by atoms with E-state index in [1.165, 1.54) is 7.11 Å². The van der Waals surface area contributed by atoms with E-state index in [0.29, 0.717) is 6.54 Å². The topological polar surface area (TPSA) is 41.5 Å². The van der Waals surface area contributed by atoms with Crippen LogP contribution in [0.25, 0.3) is 0 Å². The molecule has 3 nitrogen and oxygen atoms in total. The van der Waals surface area contributed by atoms with Crippen molar-refractivity contribution in [3.8, 4) is 0 Å². The predicted molar refractivity (Wildman–Crippen MR) is 39.3 cm³/mol. The summed E-state index contributed by atoms with van der Waals surface area (Å²) >= 11 is 0. The summed E-state index contributed by atoms with van der Waals surface area (Å²) in [4.78, 5) is 0. The minimum atomic E-state index is -4.60. The smallest absolute Gasteiger partial charge is 0.380 e. The van der Waals surface area contributed by atoms with E-state index in [9.17, 15) is 18.3 Å². The first-order valence-electron chi connectivity index (χ1n) is 3.92. The van der Waals surface area contributed by atoms with E-state index >= 15 is 0 Å². The van der Waals surface area contributed by atoms with Crippen LogP contribution >= 0.6 is 0 Å². The number of piperidine rings is 1. The summed E-state index contributed by atoms with van der Waals surface area (Å²) < 4.78 is 41.6. The molecule has 1 heterocycles. The molecule has 0 radical (unpaired) electrons. The van der Waals surface area contributed by atoms with Gasteiger partial charge in [0, 0.05) is 26.6 Å². The van der Waals surface area contributed by atoms with Crippen LogP contribution in [-0.4, -0.2) is 43.2 Å². The highest BCUT2D eigenvalue weighted by atomic mass is 19.4. The number of nitrogens with one attached hydrogen (secondary N) is 1. The highest BCUT2D eigenvalue weighted by Gasteiger charge is 2.55. The van der Waals surface area contributed by atoms with Gasteiger partial charge in [-0.05, 0) is 0 Å². The van der Waals surface area contributed by atoms with Crippen LogP contribution in [-0.2, 0) is 4.74 Å². The third kappa shape index (κ3) is 2.12. The van der Waals surface area contributed by atoms with Crippen molar-refractivity contribution in [1.29, 1.82) is 0 Å². The van der Waals surface area contributed by atoms with Crippen LogP contribution in [0.1, 0.15) is 6.42 Å². The van der Waals surface area contributed by atoms with Crippen LogP contribution in [0.2, 0.25) is 0 Å². The van der Waals surface area contributed by atoms with Crippen molar-refractivity contribution in [3.63, 3.8) is 0 Å². The van der Waals surface area contributed by atoms with E-state index in [4.69, 9.17) is 4.74 Å². The molecular weight excluding hydrogens is 187 g/mol. The van der Waals surface area contributed by atoms with Gasteiger partial charge in [-0.1, -0.05) is 0 Å². The van der Waals surface area contributed by atoms with Crippen molar-refractivity contribution in [2.24, 2.45) is 0 Å². The quantitative estimate of drug-likeness (QED) is 0.637. The Kier molecular flexibility index (Phi) is 2.84. The number of hydrogen-bond donors (Lipinski definition) is 2. The molecule has 0 aromatic rings. The highest BCUT2D eigenvalue weighted by molar-refractivity contribution is 4.95. The molecule has 1 aliphatic rings. The largest absolute Gasteiger partial charge is 0.418 e. The Hall–Kier alpha value is -0.330. The van der Waals surface area contributed by atoms with Gasteiger partial charge in [-0.2, -0.15) is 13.2 Å². The van der Waals surface area contributed by atoms with Gasteiger partial charge in [-0.3, -0.25) is 0 Å². The minimum absolute atomic E-state index is 0.342. The lowest BCUT2D eigenvalue weighted by Gasteiger charge is -2.37. The lowest BCUT2D eigenvalue weighted by Crippen LogP contribution is -2.59. The van der Waals surface area contributed by atoms with Crippen molar-refractivity contribution in [1.82, 2.24) is 5.32 Å². The summed E-state index contributed by atoms with van der Waals surface area (Å²) in [6.45, 7) is -0.120. The second kappa shape index (κ2) is 3.43. The van der Waals surface area contributed by atoms with Crippen molar-refractivity contribution >= 4 is 0 Å². The van der Waals surface area contributed by atoms with Gasteiger partial charge in [0.05, 0.1) is 6.10 Å². The fourth-order valence-corrected chi connectivity index (χ4v) is 1.34. The molecule has 6 heteroatoms. The second-order valence-electron chi connectivity index (χ2n) is 3.22. The van der Waals surface area contributed by atoms with Crippen molar-refractivity contribution in [2.75, 3.05) is 20.2 Å². The molecule has 1 fully saturated rings. The average molecular weight is 199 g/mol. The SMILES string of the molecule is CO[C@H]1CNC[C@](O)(C(F)(F)F)C1. The van der Waals surface area contributed by atoms with Crippen LogP contribution in [0.15, 0.2) is 0 Å². The first-order chi connectivity index (χ1) is 5.89. The Morgan fingerprint density at radius 2 is 2.15 bits per heavy atom. The van der Waals surface area contributed by atoms with Gasteiger partial charge in [0.2, 0.25) is 0 Å². The van der Waals surface area contributed by atoms with Gasteiger partial charge >= 0.3 is 6.18 Å².